The lowest BCUT2D eigenvalue weighted by atomic mass is 10.1. The van der Waals surface area contributed by atoms with E-state index in [2.05, 4.69) is 15.2 Å². The first kappa shape index (κ1) is 26.7. The van der Waals surface area contributed by atoms with Crippen LogP contribution in [0.3, 0.4) is 0 Å². The summed E-state index contributed by atoms with van der Waals surface area (Å²) in [6.07, 6.45) is -4.60. The molecule has 2 amide bonds. The topological polar surface area (TPSA) is 101 Å². The minimum Gasteiger partial charge on any atom is -0.390 e. The highest BCUT2D eigenvalue weighted by molar-refractivity contribution is 5.96. The molecule has 2 aromatic heterocycles. The molecule has 1 aromatic carbocycles. The Morgan fingerprint density at radius 2 is 1.61 bits per heavy atom. The number of hydrogen-bond donors (Lipinski definition) is 1. The Labute approximate surface area is 213 Å². The van der Waals surface area contributed by atoms with Crippen molar-refractivity contribution in [2.75, 3.05) is 37.6 Å². The summed E-state index contributed by atoms with van der Waals surface area (Å²) in [6, 6.07) is 11.4. The highest BCUT2D eigenvalue weighted by Crippen LogP contribution is 2.32. The van der Waals surface area contributed by atoms with E-state index in [-0.39, 0.29) is 32.1 Å². The van der Waals surface area contributed by atoms with Gasteiger partial charge in [-0.2, -0.15) is 22.0 Å². The molecule has 0 aliphatic carbocycles. The molecule has 3 heterocycles. The Balaban J connectivity index is 1.29. The second kappa shape index (κ2) is 10.9. The molecule has 38 heavy (non-hydrogen) atoms. The predicted octanol–water partition coefficient (Wildman–Crippen LogP) is 3.73. The van der Waals surface area contributed by atoms with Crippen molar-refractivity contribution in [1.82, 2.24) is 25.4 Å². The average molecular weight is 536 g/mol. The van der Waals surface area contributed by atoms with Gasteiger partial charge in [-0.05, 0) is 30.3 Å². The molecule has 0 bridgehead atoms. The molecule has 0 atom stereocenters. The van der Waals surface area contributed by atoms with Crippen molar-refractivity contribution in [3.05, 3.63) is 77.6 Å². The highest BCUT2D eigenvalue weighted by Gasteiger charge is 2.36. The quantitative estimate of drug-likeness (QED) is 0.479. The van der Waals surface area contributed by atoms with E-state index in [4.69, 9.17) is 4.74 Å². The number of pyridine rings is 1. The van der Waals surface area contributed by atoms with E-state index in [1.807, 2.05) is 5.32 Å². The maximum atomic E-state index is 14.1. The minimum absolute atomic E-state index is 0.151. The van der Waals surface area contributed by atoms with Crippen molar-refractivity contribution in [1.29, 1.82) is 0 Å². The van der Waals surface area contributed by atoms with Gasteiger partial charge in [-0.15, -0.1) is 10.2 Å². The van der Waals surface area contributed by atoms with Crippen LogP contribution in [-0.4, -0.2) is 64.8 Å². The van der Waals surface area contributed by atoms with Crippen molar-refractivity contribution >= 4 is 17.8 Å². The Morgan fingerprint density at radius 3 is 2.24 bits per heavy atom. The number of carbonyl (C=O) groups is 2. The van der Waals surface area contributed by atoms with Crippen LogP contribution in [0.2, 0.25) is 0 Å². The number of hydrogen-bond acceptors (Lipinski definition) is 7. The van der Waals surface area contributed by atoms with Crippen LogP contribution in [0.4, 0.5) is 32.6 Å². The summed E-state index contributed by atoms with van der Waals surface area (Å²) < 4.78 is 72.9. The van der Waals surface area contributed by atoms with Gasteiger partial charge >= 0.3 is 18.2 Å². The van der Waals surface area contributed by atoms with E-state index in [1.165, 1.54) is 47.5 Å². The van der Waals surface area contributed by atoms with E-state index in [0.717, 1.165) is 18.2 Å². The first-order valence-corrected chi connectivity index (χ1v) is 11.3. The fourth-order valence-electron chi connectivity index (χ4n) is 3.75. The lowest BCUT2D eigenvalue weighted by Gasteiger charge is -2.35. The maximum Gasteiger partial charge on any atom is 0.417 e. The molecular formula is C24H21F5N6O3. The van der Waals surface area contributed by atoms with Gasteiger partial charge in [0.25, 0.3) is 5.91 Å². The fourth-order valence-corrected chi connectivity index (χ4v) is 3.75. The van der Waals surface area contributed by atoms with Gasteiger partial charge in [-0.3, -0.25) is 9.78 Å². The molecule has 0 radical (unpaired) electrons. The zero-order valence-electron chi connectivity index (χ0n) is 19.7. The Kier molecular flexibility index (Phi) is 7.69. The lowest BCUT2D eigenvalue weighted by molar-refractivity contribution is -0.138. The summed E-state index contributed by atoms with van der Waals surface area (Å²) in [5.41, 5.74) is -1.90. The van der Waals surface area contributed by atoms with Crippen LogP contribution in [-0.2, 0) is 12.1 Å². The average Bonchev–Trinajstić information content (AvgIpc) is 2.92. The van der Waals surface area contributed by atoms with Crippen molar-refractivity contribution in [3.63, 3.8) is 0 Å². The first-order valence-electron chi connectivity index (χ1n) is 11.3. The number of anilines is 1. The number of rotatable bonds is 6. The number of halogens is 5. The summed E-state index contributed by atoms with van der Waals surface area (Å²) in [6.45, 7) is -0.184. The molecule has 0 saturated carbocycles. The van der Waals surface area contributed by atoms with Gasteiger partial charge in [0.15, 0.2) is 5.82 Å². The van der Waals surface area contributed by atoms with E-state index in [1.54, 1.807) is 4.90 Å². The maximum absolute atomic E-state index is 14.1. The van der Waals surface area contributed by atoms with Crippen LogP contribution in [0.15, 0.2) is 60.8 Å². The van der Waals surface area contributed by atoms with E-state index in [0.29, 0.717) is 5.82 Å². The molecule has 1 saturated heterocycles. The third-order valence-corrected chi connectivity index (χ3v) is 5.67. The minimum atomic E-state index is -4.65. The van der Waals surface area contributed by atoms with Crippen LogP contribution in [0.5, 0.6) is 5.88 Å². The van der Waals surface area contributed by atoms with Gasteiger partial charge < -0.3 is 19.9 Å². The SMILES string of the molecule is O=C(NCC(F)(F)c1ccccn1)Oc1ccc(N2CCN(C(=O)c3ccccc3C(F)(F)F)CC2)nn1. The molecule has 0 unspecified atom stereocenters. The number of nitrogens with zero attached hydrogens (tertiary/aromatic N) is 5. The van der Waals surface area contributed by atoms with Crippen LogP contribution in [0.25, 0.3) is 0 Å². The number of amides is 2. The zero-order chi connectivity index (χ0) is 27.3. The van der Waals surface area contributed by atoms with Crippen molar-refractivity contribution in [3.8, 4) is 5.88 Å². The molecule has 1 aliphatic rings. The molecule has 1 N–H and O–H groups in total. The van der Waals surface area contributed by atoms with E-state index >= 15 is 0 Å². The monoisotopic (exact) mass is 536 g/mol. The zero-order valence-corrected chi connectivity index (χ0v) is 19.7. The Hall–Kier alpha value is -4.36. The van der Waals surface area contributed by atoms with Gasteiger partial charge in [-0.25, -0.2) is 4.79 Å². The van der Waals surface area contributed by atoms with Crippen molar-refractivity contribution in [2.24, 2.45) is 0 Å². The lowest BCUT2D eigenvalue weighted by Crippen LogP contribution is -2.49. The summed E-state index contributed by atoms with van der Waals surface area (Å²) >= 11 is 0. The van der Waals surface area contributed by atoms with Crippen LogP contribution in [0, 0.1) is 0 Å². The third-order valence-electron chi connectivity index (χ3n) is 5.67. The van der Waals surface area contributed by atoms with E-state index in [9.17, 15) is 31.5 Å². The highest BCUT2D eigenvalue weighted by atomic mass is 19.4. The number of aromatic nitrogens is 3. The number of alkyl halides is 5. The van der Waals surface area contributed by atoms with Gasteiger partial charge in [0.2, 0.25) is 5.88 Å². The fraction of sp³-hybridized carbons (Fsp3) is 0.292. The van der Waals surface area contributed by atoms with Gasteiger partial charge in [0, 0.05) is 38.4 Å². The van der Waals surface area contributed by atoms with Crippen LogP contribution < -0.4 is 15.0 Å². The molecule has 4 rings (SSSR count). The van der Waals surface area contributed by atoms with Gasteiger partial charge in [0.1, 0.15) is 5.69 Å². The predicted molar refractivity (Wildman–Crippen MR) is 124 cm³/mol. The van der Waals surface area contributed by atoms with Crippen LogP contribution >= 0.6 is 0 Å². The molecule has 0 spiro atoms. The largest absolute Gasteiger partial charge is 0.417 e. The Morgan fingerprint density at radius 1 is 0.895 bits per heavy atom. The Bertz CT molecular complexity index is 1270. The molecule has 200 valence electrons. The normalized spacial score (nSPS) is 14.2. The molecule has 1 fully saturated rings. The first-order chi connectivity index (χ1) is 18.0. The number of nitrogens with one attached hydrogen (secondary N) is 1. The van der Waals surface area contributed by atoms with Gasteiger partial charge in [0.05, 0.1) is 17.7 Å². The number of ether oxygens (including phenoxy) is 1. The molecule has 9 nitrogen and oxygen atoms in total. The number of carbonyl (C=O) groups excluding carboxylic acids is 2. The summed E-state index contributed by atoms with van der Waals surface area (Å²) in [5, 5.41) is 9.66. The smallest absolute Gasteiger partial charge is 0.390 e. The van der Waals surface area contributed by atoms with Crippen LogP contribution in [0.1, 0.15) is 21.6 Å². The molecular weight excluding hydrogens is 515 g/mol. The van der Waals surface area contributed by atoms with E-state index < -0.39 is 47.5 Å². The molecule has 14 heteroatoms. The third kappa shape index (κ3) is 6.30. The number of piperazine rings is 1. The summed E-state index contributed by atoms with van der Waals surface area (Å²) in [5.74, 6) is -3.98. The summed E-state index contributed by atoms with van der Waals surface area (Å²) in [7, 11) is 0. The second-order valence-electron chi connectivity index (χ2n) is 8.21. The molecule has 3 aromatic rings. The van der Waals surface area contributed by atoms with Crippen molar-refractivity contribution < 1.29 is 36.3 Å². The van der Waals surface area contributed by atoms with Gasteiger partial charge in [-0.1, -0.05) is 18.2 Å². The standard InChI is InChI=1S/C24H21F5N6O3/c25-23(26,18-7-3-4-10-30-18)15-31-22(37)38-20-9-8-19(32-33-20)34-11-13-35(14-12-34)21(36)16-5-1-2-6-17(16)24(27,28)29/h1-10H,11-15H2,(H,31,37). The second-order valence-corrected chi connectivity index (χ2v) is 8.21. The van der Waals surface area contributed by atoms with Crippen molar-refractivity contribution in [2.45, 2.75) is 12.1 Å². The summed E-state index contributed by atoms with van der Waals surface area (Å²) in [4.78, 5) is 31.3. The number of benzene rings is 1. The molecule has 1 aliphatic heterocycles.